The van der Waals surface area contributed by atoms with E-state index in [-0.39, 0.29) is 9.52 Å². The molecular weight excluding hydrogens is 296 g/mol. The molecule has 0 amide bonds. The average Bonchev–Trinajstić information content (AvgIpc) is 2.17. The topological polar surface area (TPSA) is 17.1 Å². The van der Waals surface area contributed by atoms with Gasteiger partial charge < -0.3 is 0 Å². The van der Waals surface area contributed by atoms with Gasteiger partial charge in [0.2, 0.25) is 0 Å². The van der Waals surface area contributed by atoms with Gasteiger partial charge >= 0.3 is 0 Å². The van der Waals surface area contributed by atoms with Gasteiger partial charge in [-0.05, 0) is 12.0 Å². The van der Waals surface area contributed by atoms with E-state index in [1.165, 1.54) is 5.56 Å². The second kappa shape index (κ2) is 4.91. The Hall–Kier alpha value is -0.150. The van der Waals surface area contributed by atoms with E-state index >= 15 is 0 Å². The van der Waals surface area contributed by atoms with E-state index < -0.39 is 0 Å². The van der Waals surface area contributed by atoms with Gasteiger partial charge in [0.15, 0.2) is 5.78 Å². The van der Waals surface area contributed by atoms with Crippen molar-refractivity contribution in [2.45, 2.75) is 17.1 Å². The molecule has 0 aliphatic carbocycles. The monoisotopic (exact) mass is 304 g/mol. The van der Waals surface area contributed by atoms with E-state index in [0.29, 0.717) is 0 Å². The number of rotatable bonds is 3. The van der Waals surface area contributed by atoms with Crippen LogP contribution in [0.15, 0.2) is 24.3 Å². The number of aryl methyl sites for hydroxylation is 1. The highest BCUT2D eigenvalue weighted by Gasteiger charge is 2.12. The number of carbonyl (C=O) groups excluding carboxylic acids is 1. The summed E-state index contributed by atoms with van der Waals surface area (Å²) in [5, 5.41) is 0. The fraction of sp³-hybridized carbons (Fsp3) is 0.300. The molecular formula is C10H10Br2O. The summed E-state index contributed by atoms with van der Waals surface area (Å²) in [4.78, 5) is 11.5. The standard InChI is InChI=1S/C10H10Br2O/c1-2-7-3-5-8(6-4-7)9(13)10(11)12/h3-6,10H,2H2,1H3. The van der Waals surface area contributed by atoms with Crippen LogP contribution in [0, 0.1) is 0 Å². The van der Waals surface area contributed by atoms with Crippen LogP contribution in [0.5, 0.6) is 0 Å². The molecule has 1 nitrogen and oxygen atoms in total. The lowest BCUT2D eigenvalue weighted by Gasteiger charge is -2.02. The molecule has 0 unspecified atom stereocenters. The molecule has 0 saturated heterocycles. The minimum absolute atomic E-state index is 0.0580. The lowest BCUT2D eigenvalue weighted by molar-refractivity contribution is 0.101. The maximum Gasteiger partial charge on any atom is 0.187 e. The highest BCUT2D eigenvalue weighted by atomic mass is 79.9. The molecule has 0 saturated carbocycles. The zero-order valence-electron chi connectivity index (χ0n) is 7.26. The molecule has 0 heterocycles. The zero-order valence-corrected chi connectivity index (χ0v) is 10.4. The SMILES string of the molecule is CCc1ccc(C(=O)C(Br)Br)cc1. The van der Waals surface area contributed by atoms with Crippen LogP contribution in [0.25, 0.3) is 0 Å². The van der Waals surface area contributed by atoms with Crippen molar-refractivity contribution >= 4 is 37.6 Å². The van der Waals surface area contributed by atoms with E-state index in [1.54, 1.807) is 0 Å². The molecule has 0 radical (unpaired) electrons. The highest BCUT2D eigenvalue weighted by molar-refractivity contribution is 9.25. The molecule has 1 aromatic carbocycles. The first-order valence-corrected chi connectivity index (χ1v) is 5.89. The quantitative estimate of drug-likeness (QED) is 0.616. The van der Waals surface area contributed by atoms with Gasteiger partial charge in [-0.25, -0.2) is 0 Å². The van der Waals surface area contributed by atoms with Gasteiger partial charge in [-0.2, -0.15) is 0 Å². The molecule has 0 aliphatic heterocycles. The van der Waals surface area contributed by atoms with Crippen LogP contribution in [0.2, 0.25) is 0 Å². The van der Waals surface area contributed by atoms with Gasteiger partial charge in [-0.3, -0.25) is 4.79 Å². The third-order valence-electron chi connectivity index (χ3n) is 1.84. The summed E-state index contributed by atoms with van der Waals surface area (Å²) in [7, 11) is 0. The van der Waals surface area contributed by atoms with Crippen molar-refractivity contribution in [3.05, 3.63) is 35.4 Å². The number of hydrogen-bond donors (Lipinski definition) is 0. The summed E-state index contributed by atoms with van der Waals surface area (Å²) in [5.74, 6) is 0.0580. The number of alkyl halides is 2. The fourth-order valence-corrected chi connectivity index (χ4v) is 1.56. The van der Waals surface area contributed by atoms with E-state index in [0.717, 1.165) is 12.0 Å². The smallest absolute Gasteiger partial charge is 0.187 e. The first-order chi connectivity index (χ1) is 6.15. The molecule has 3 heteroatoms. The third-order valence-corrected chi connectivity index (χ3v) is 2.68. The number of Topliss-reactive ketones (excluding diaryl/α,β-unsaturated/α-hetero) is 1. The summed E-state index contributed by atoms with van der Waals surface area (Å²) >= 11 is 6.36. The highest BCUT2D eigenvalue weighted by Crippen LogP contribution is 2.16. The number of ketones is 1. The number of halogens is 2. The lowest BCUT2D eigenvalue weighted by atomic mass is 10.1. The summed E-state index contributed by atoms with van der Waals surface area (Å²) in [6.45, 7) is 2.09. The number of hydrogen-bond acceptors (Lipinski definition) is 1. The maximum atomic E-state index is 11.5. The predicted molar refractivity (Wildman–Crippen MR) is 61.8 cm³/mol. The fourth-order valence-electron chi connectivity index (χ4n) is 1.03. The molecule has 70 valence electrons. The molecule has 13 heavy (non-hydrogen) atoms. The van der Waals surface area contributed by atoms with E-state index in [2.05, 4.69) is 38.8 Å². The minimum Gasteiger partial charge on any atom is -0.292 e. The van der Waals surface area contributed by atoms with Gasteiger partial charge in [0.05, 0.1) is 0 Å². The molecule has 0 bridgehead atoms. The first-order valence-electron chi connectivity index (χ1n) is 4.06. The van der Waals surface area contributed by atoms with Gasteiger partial charge in [-0.1, -0.05) is 63.0 Å². The summed E-state index contributed by atoms with van der Waals surface area (Å²) in [6, 6.07) is 7.68. The molecule has 1 aromatic rings. The average molecular weight is 306 g/mol. The number of benzene rings is 1. The Balaban J connectivity index is 2.86. The van der Waals surface area contributed by atoms with Crippen molar-refractivity contribution in [2.75, 3.05) is 0 Å². The molecule has 0 N–H and O–H groups in total. The van der Waals surface area contributed by atoms with Gasteiger partial charge in [0, 0.05) is 5.56 Å². The first kappa shape index (κ1) is 10.9. The minimum atomic E-state index is -0.285. The van der Waals surface area contributed by atoms with Crippen LogP contribution in [-0.2, 0) is 6.42 Å². The molecule has 0 spiro atoms. The molecule has 0 aromatic heterocycles. The Morgan fingerprint density at radius 1 is 1.31 bits per heavy atom. The van der Waals surface area contributed by atoms with Crippen LogP contribution < -0.4 is 0 Å². The van der Waals surface area contributed by atoms with Crippen molar-refractivity contribution in [1.82, 2.24) is 0 Å². The van der Waals surface area contributed by atoms with Gasteiger partial charge in [0.25, 0.3) is 0 Å². The van der Waals surface area contributed by atoms with Crippen molar-refractivity contribution in [1.29, 1.82) is 0 Å². The molecule has 0 atom stereocenters. The lowest BCUT2D eigenvalue weighted by Crippen LogP contribution is -2.06. The van der Waals surface area contributed by atoms with Crippen LogP contribution in [0.3, 0.4) is 0 Å². The summed E-state index contributed by atoms with van der Waals surface area (Å²) in [6.07, 6.45) is 1.00. The molecule has 0 aliphatic rings. The van der Waals surface area contributed by atoms with Gasteiger partial charge in [0.1, 0.15) is 3.74 Å². The molecule has 0 fully saturated rings. The Labute approximate surface area is 94.8 Å². The van der Waals surface area contributed by atoms with Crippen molar-refractivity contribution in [3.8, 4) is 0 Å². The van der Waals surface area contributed by atoms with Crippen molar-refractivity contribution < 1.29 is 4.79 Å². The summed E-state index contributed by atoms with van der Waals surface area (Å²) < 4.78 is -0.285. The second-order valence-electron chi connectivity index (χ2n) is 2.72. The van der Waals surface area contributed by atoms with E-state index in [4.69, 9.17) is 0 Å². The number of carbonyl (C=O) groups is 1. The Morgan fingerprint density at radius 2 is 1.85 bits per heavy atom. The normalized spacial score (nSPS) is 10.5. The Morgan fingerprint density at radius 3 is 2.23 bits per heavy atom. The van der Waals surface area contributed by atoms with Crippen LogP contribution in [-0.4, -0.2) is 9.52 Å². The molecule has 1 rings (SSSR count). The van der Waals surface area contributed by atoms with E-state index in [9.17, 15) is 4.79 Å². The van der Waals surface area contributed by atoms with Crippen LogP contribution in [0.1, 0.15) is 22.8 Å². The van der Waals surface area contributed by atoms with E-state index in [1.807, 2.05) is 24.3 Å². The van der Waals surface area contributed by atoms with Crippen LogP contribution in [0.4, 0.5) is 0 Å². The third kappa shape index (κ3) is 2.92. The Bertz CT molecular complexity index is 290. The van der Waals surface area contributed by atoms with Crippen LogP contribution >= 0.6 is 31.9 Å². The zero-order chi connectivity index (χ0) is 9.84. The second-order valence-corrected chi connectivity index (χ2v) is 5.78. The summed E-state index contributed by atoms with van der Waals surface area (Å²) in [5.41, 5.74) is 1.98. The van der Waals surface area contributed by atoms with Crippen molar-refractivity contribution in [3.63, 3.8) is 0 Å². The van der Waals surface area contributed by atoms with Gasteiger partial charge in [-0.15, -0.1) is 0 Å². The maximum absolute atomic E-state index is 11.5. The van der Waals surface area contributed by atoms with Crippen molar-refractivity contribution in [2.24, 2.45) is 0 Å². The Kier molecular flexibility index (Phi) is 4.13. The predicted octanol–water partition coefficient (Wildman–Crippen LogP) is 3.55. The largest absolute Gasteiger partial charge is 0.292 e.